The van der Waals surface area contributed by atoms with Gasteiger partial charge in [0.15, 0.2) is 0 Å². The molecule has 74 valence electrons. The number of rotatable bonds is 2. The van der Waals surface area contributed by atoms with Gasteiger partial charge in [0.1, 0.15) is 5.76 Å². The molecule has 0 aliphatic heterocycles. The zero-order valence-electron chi connectivity index (χ0n) is 6.98. The van der Waals surface area contributed by atoms with Gasteiger partial charge < -0.3 is 10.2 Å². The third-order valence-electron chi connectivity index (χ3n) is 1.51. The van der Waals surface area contributed by atoms with E-state index in [2.05, 4.69) is 9.40 Å². The number of hydrogen-bond acceptors (Lipinski definition) is 3. The van der Waals surface area contributed by atoms with Crippen LogP contribution < -0.4 is 5.73 Å². The molecule has 1 aromatic rings. The predicted octanol–water partition coefficient (Wildman–Crippen LogP) is 1.50. The van der Waals surface area contributed by atoms with Crippen LogP contribution >= 0.6 is 0 Å². The molecule has 0 unspecified atom stereocenters. The average molecular weight is 194 g/mol. The number of nitrogens with zero attached hydrogens (tertiary/aromatic N) is 1. The Hall–Kier alpha value is -1.04. The maximum absolute atomic E-state index is 12.0. The lowest BCUT2D eigenvalue weighted by molar-refractivity contribution is -0.157. The molecule has 0 saturated heterocycles. The van der Waals surface area contributed by atoms with Crippen molar-refractivity contribution in [3.05, 3.63) is 17.3 Å². The molecule has 13 heavy (non-hydrogen) atoms. The van der Waals surface area contributed by atoms with Gasteiger partial charge in [0.2, 0.25) is 0 Å². The van der Waals surface area contributed by atoms with Gasteiger partial charge in [-0.15, -0.1) is 0 Å². The molecule has 0 saturated carbocycles. The summed E-state index contributed by atoms with van der Waals surface area (Å²) in [6.45, 7) is 1.71. The van der Waals surface area contributed by atoms with Crippen molar-refractivity contribution in [1.29, 1.82) is 0 Å². The molecule has 1 heterocycles. The zero-order valence-corrected chi connectivity index (χ0v) is 6.98. The molecular weight excluding hydrogens is 185 g/mol. The topological polar surface area (TPSA) is 52.0 Å². The first-order valence-electron chi connectivity index (χ1n) is 3.68. The summed E-state index contributed by atoms with van der Waals surface area (Å²) in [5.74, 6) is -0.997. The van der Waals surface area contributed by atoms with E-state index < -0.39 is 12.1 Å². The Labute approximate surface area is 72.7 Å². The summed E-state index contributed by atoms with van der Waals surface area (Å²) >= 11 is 0. The van der Waals surface area contributed by atoms with Crippen LogP contribution in [0.25, 0.3) is 0 Å². The molecular formula is C7H9F3N2O. The molecule has 0 spiro atoms. The van der Waals surface area contributed by atoms with E-state index in [0.717, 1.165) is 0 Å². The van der Waals surface area contributed by atoms with E-state index in [1.165, 1.54) is 6.92 Å². The fraction of sp³-hybridized carbons (Fsp3) is 0.571. The van der Waals surface area contributed by atoms with E-state index in [1.807, 2.05) is 0 Å². The van der Waals surface area contributed by atoms with Gasteiger partial charge in [-0.1, -0.05) is 0 Å². The van der Waals surface area contributed by atoms with Gasteiger partial charge in [-0.25, -0.2) is 4.98 Å². The van der Waals surface area contributed by atoms with Gasteiger partial charge in [0.25, 0.3) is 0 Å². The van der Waals surface area contributed by atoms with Crippen molar-refractivity contribution < 1.29 is 17.6 Å². The molecule has 0 radical (unpaired) electrons. The lowest BCUT2D eigenvalue weighted by atomic mass is 10.3. The predicted molar refractivity (Wildman–Crippen MR) is 39.0 cm³/mol. The van der Waals surface area contributed by atoms with Crippen LogP contribution in [0.5, 0.6) is 0 Å². The Morgan fingerprint density at radius 3 is 2.46 bits per heavy atom. The van der Waals surface area contributed by atoms with E-state index in [0.29, 0.717) is 0 Å². The lowest BCUT2D eigenvalue weighted by Gasteiger charge is -1.98. The highest BCUT2D eigenvalue weighted by Crippen LogP contribution is 2.29. The first-order valence-corrected chi connectivity index (χ1v) is 3.68. The van der Waals surface area contributed by atoms with Crippen molar-refractivity contribution >= 4 is 0 Å². The second kappa shape index (κ2) is 3.37. The van der Waals surface area contributed by atoms with Crippen LogP contribution in [0.15, 0.2) is 4.42 Å². The van der Waals surface area contributed by atoms with Gasteiger partial charge in [-0.05, 0) is 13.5 Å². The molecule has 1 aromatic heterocycles. The van der Waals surface area contributed by atoms with Gasteiger partial charge in [0.05, 0.1) is 5.69 Å². The van der Waals surface area contributed by atoms with Gasteiger partial charge in [-0.2, -0.15) is 13.2 Å². The van der Waals surface area contributed by atoms with E-state index in [-0.39, 0.29) is 24.4 Å². The third kappa shape index (κ3) is 2.21. The molecule has 0 fully saturated rings. The van der Waals surface area contributed by atoms with Crippen LogP contribution in [0.4, 0.5) is 13.2 Å². The van der Waals surface area contributed by atoms with Crippen LogP contribution in [0.1, 0.15) is 17.3 Å². The monoisotopic (exact) mass is 194 g/mol. The van der Waals surface area contributed by atoms with E-state index in [4.69, 9.17) is 5.73 Å². The second-order valence-electron chi connectivity index (χ2n) is 2.56. The Balaban J connectivity index is 2.95. The average Bonchev–Trinajstić information content (AvgIpc) is 2.32. The van der Waals surface area contributed by atoms with Crippen LogP contribution in [-0.2, 0) is 12.6 Å². The quantitative estimate of drug-likeness (QED) is 0.776. The van der Waals surface area contributed by atoms with E-state index in [9.17, 15) is 13.2 Å². The molecule has 1 rings (SSSR count). The lowest BCUT2D eigenvalue weighted by Crippen LogP contribution is -2.05. The van der Waals surface area contributed by atoms with Crippen molar-refractivity contribution in [2.24, 2.45) is 5.73 Å². The molecule has 3 nitrogen and oxygen atoms in total. The molecule has 2 N–H and O–H groups in total. The number of hydrogen-bond donors (Lipinski definition) is 1. The first-order chi connectivity index (χ1) is 5.95. The van der Waals surface area contributed by atoms with Crippen LogP contribution in [-0.4, -0.2) is 11.5 Å². The minimum absolute atomic E-state index is 0.204. The van der Waals surface area contributed by atoms with Crippen LogP contribution in [0.2, 0.25) is 0 Å². The van der Waals surface area contributed by atoms with Crippen molar-refractivity contribution in [2.45, 2.75) is 19.5 Å². The Morgan fingerprint density at radius 1 is 1.46 bits per heavy atom. The minimum atomic E-state index is -4.52. The van der Waals surface area contributed by atoms with Gasteiger partial charge >= 0.3 is 12.1 Å². The van der Waals surface area contributed by atoms with Gasteiger partial charge in [0, 0.05) is 6.42 Å². The fourth-order valence-electron chi connectivity index (χ4n) is 0.912. The highest BCUT2D eigenvalue weighted by atomic mass is 19.4. The minimum Gasteiger partial charge on any atom is -0.438 e. The highest BCUT2D eigenvalue weighted by Gasteiger charge is 2.37. The fourth-order valence-corrected chi connectivity index (χ4v) is 0.912. The van der Waals surface area contributed by atoms with Crippen LogP contribution in [0.3, 0.4) is 0 Å². The second-order valence-corrected chi connectivity index (χ2v) is 2.56. The molecule has 6 heteroatoms. The summed E-state index contributed by atoms with van der Waals surface area (Å²) in [5, 5.41) is 0. The van der Waals surface area contributed by atoms with Crippen molar-refractivity contribution in [3.63, 3.8) is 0 Å². The summed E-state index contributed by atoms with van der Waals surface area (Å²) in [6.07, 6.45) is -4.24. The van der Waals surface area contributed by atoms with E-state index in [1.54, 1.807) is 0 Å². The van der Waals surface area contributed by atoms with Crippen LogP contribution in [0, 0.1) is 6.92 Å². The normalized spacial score (nSPS) is 12.1. The number of alkyl halides is 3. The van der Waals surface area contributed by atoms with E-state index >= 15 is 0 Å². The molecule has 0 atom stereocenters. The molecule has 0 aliphatic rings. The number of aromatic nitrogens is 1. The SMILES string of the molecule is Cc1nc(C(F)(F)F)oc1CCN. The van der Waals surface area contributed by atoms with Crippen molar-refractivity contribution in [2.75, 3.05) is 6.54 Å². The molecule has 0 aliphatic carbocycles. The Kier molecular flexibility index (Phi) is 2.60. The van der Waals surface area contributed by atoms with Crippen molar-refractivity contribution in [1.82, 2.24) is 4.98 Å². The number of nitrogens with two attached hydrogens (primary N) is 1. The smallest absolute Gasteiger partial charge is 0.438 e. The summed E-state index contributed by atoms with van der Waals surface area (Å²) in [5.41, 5.74) is 5.43. The summed E-state index contributed by atoms with van der Waals surface area (Å²) in [7, 11) is 0. The molecule has 0 bridgehead atoms. The molecule has 0 amide bonds. The summed E-state index contributed by atoms with van der Waals surface area (Å²) in [6, 6.07) is 0. The highest BCUT2D eigenvalue weighted by molar-refractivity contribution is 5.09. The maximum atomic E-state index is 12.0. The summed E-state index contributed by atoms with van der Waals surface area (Å²) < 4.78 is 40.6. The van der Waals surface area contributed by atoms with Gasteiger partial charge in [-0.3, -0.25) is 0 Å². The number of aryl methyl sites for hydroxylation is 1. The zero-order chi connectivity index (χ0) is 10.1. The summed E-state index contributed by atoms with van der Waals surface area (Å²) in [4.78, 5) is 3.25. The Bertz CT molecular complexity index is 292. The first kappa shape index (κ1) is 10.0. The third-order valence-corrected chi connectivity index (χ3v) is 1.51. The maximum Gasteiger partial charge on any atom is 0.468 e. The number of oxazole rings is 1. The molecule has 0 aromatic carbocycles. The largest absolute Gasteiger partial charge is 0.468 e. The Morgan fingerprint density at radius 2 is 2.08 bits per heavy atom. The standard InChI is InChI=1S/C7H9F3N2O/c1-4-5(2-3-11)13-6(12-4)7(8,9)10/h2-3,11H2,1H3. The van der Waals surface area contributed by atoms with Crippen molar-refractivity contribution in [3.8, 4) is 0 Å². The number of halogens is 3.